The highest BCUT2D eigenvalue weighted by Crippen LogP contribution is 2.75. The van der Waals surface area contributed by atoms with Gasteiger partial charge in [-0.3, -0.25) is 4.79 Å². The summed E-state index contributed by atoms with van der Waals surface area (Å²) in [5, 5.41) is 5.13. The monoisotopic (exact) mass is 608 g/mol. The normalized spacial score (nSPS) is 41.9. The summed E-state index contributed by atoms with van der Waals surface area (Å²) < 4.78 is 0. The highest BCUT2D eigenvalue weighted by Gasteiger charge is 2.69. The molecule has 1 aromatic carbocycles. The Morgan fingerprint density at radius 2 is 1.58 bits per heavy atom. The van der Waals surface area contributed by atoms with Gasteiger partial charge >= 0.3 is 0 Å². The van der Waals surface area contributed by atoms with Gasteiger partial charge in [-0.05, 0) is 122 Å². The van der Waals surface area contributed by atoms with Crippen molar-refractivity contribution in [3.05, 3.63) is 47.2 Å². The number of rotatable bonds is 2. The molecule has 3 nitrogen and oxygen atoms in total. The molecule has 6 aliphatic rings. The number of amides is 1. The summed E-state index contributed by atoms with van der Waals surface area (Å²) in [4.78, 5) is 18.5. The minimum atomic E-state index is -0.214. The van der Waals surface area contributed by atoms with Gasteiger partial charge in [-0.2, -0.15) is 0 Å². The summed E-state index contributed by atoms with van der Waals surface area (Å²) in [5.41, 5.74) is 6.96. The molecule has 8 rings (SSSR count). The first-order valence-corrected chi connectivity index (χ1v) is 18.9. The lowest BCUT2D eigenvalue weighted by Gasteiger charge is -2.70. The summed E-state index contributed by atoms with van der Waals surface area (Å²) in [6, 6.07) is 9.44. The number of hydrogen-bond donors (Lipinski definition) is 2. The van der Waals surface area contributed by atoms with E-state index in [2.05, 4.69) is 89.1 Å². The van der Waals surface area contributed by atoms with Crippen molar-refractivity contribution in [3.8, 4) is 0 Å². The van der Waals surface area contributed by atoms with Crippen LogP contribution < -0.4 is 5.32 Å². The zero-order chi connectivity index (χ0) is 31.6. The van der Waals surface area contributed by atoms with Crippen LogP contribution in [0, 0.1) is 44.8 Å². The van der Waals surface area contributed by atoms with E-state index in [4.69, 9.17) is 0 Å². The molecule has 1 heterocycles. The summed E-state index contributed by atoms with van der Waals surface area (Å²) >= 11 is 0. The number of hydrogen-bond acceptors (Lipinski definition) is 1. The number of allylic oxidation sites excluding steroid dienone is 2. The van der Waals surface area contributed by atoms with Gasteiger partial charge in [0.05, 0.1) is 5.41 Å². The van der Waals surface area contributed by atoms with Crippen molar-refractivity contribution >= 4 is 16.8 Å². The fourth-order valence-corrected chi connectivity index (χ4v) is 13.5. The lowest BCUT2D eigenvalue weighted by Crippen LogP contribution is -2.65. The largest absolute Gasteiger partial charge is 0.358 e. The van der Waals surface area contributed by atoms with Crippen molar-refractivity contribution in [2.45, 2.75) is 150 Å². The molecule has 0 unspecified atom stereocenters. The third-order valence-electron chi connectivity index (χ3n) is 16.2. The van der Waals surface area contributed by atoms with Crippen LogP contribution in [0.3, 0.4) is 0 Å². The maximum absolute atomic E-state index is 14.5. The van der Waals surface area contributed by atoms with E-state index in [1.165, 1.54) is 93.6 Å². The van der Waals surface area contributed by atoms with Gasteiger partial charge in [0.25, 0.3) is 0 Å². The summed E-state index contributed by atoms with van der Waals surface area (Å²) in [5.74, 6) is 2.12. The minimum Gasteiger partial charge on any atom is -0.358 e. The molecule has 0 aliphatic heterocycles. The Balaban J connectivity index is 1.19. The Kier molecular flexibility index (Phi) is 6.57. The minimum absolute atomic E-state index is 0.125. The van der Waals surface area contributed by atoms with E-state index >= 15 is 0 Å². The molecular formula is C42H60N2O. The van der Waals surface area contributed by atoms with Crippen molar-refractivity contribution < 1.29 is 4.79 Å². The van der Waals surface area contributed by atoms with Crippen LogP contribution in [0.4, 0.5) is 0 Å². The van der Waals surface area contributed by atoms with Gasteiger partial charge in [0.15, 0.2) is 0 Å². The van der Waals surface area contributed by atoms with Crippen molar-refractivity contribution in [1.29, 1.82) is 0 Å². The van der Waals surface area contributed by atoms with Gasteiger partial charge in [-0.25, -0.2) is 0 Å². The standard InChI is InChI=1S/C42H60N2O/c1-37(2)21-23-42(36(45)43-27-13-9-8-10-14-27)24-22-40(6)30(31(42)26-37)17-18-34-39(5)25-29-28-15-11-12-16-32(28)44-35(29)38(3,4)33(39)19-20-41(34,40)7/h11-12,15-17,27,31,33-34,44H,8-10,13-14,18-26H2,1-7H3,(H,43,45)/t31-,33-,34+,39-,40+,41+,42-/m0/s1. The summed E-state index contributed by atoms with van der Waals surface area (Å²) in [7, 11) is 0. The van der Waals surface area contributed by atoms with Crippen molar-refractivity contribution in [2.24, 2.45) is 44.8 Å². The number of aromatic nitrogens is 1. The van der Waals surface area contributed by atoms with E-state index < -0.39 is 0 Å². The number of para-hydroxylation sites is 1. The average Bonchev–Trinajstić information content (AvgIpc) is 3.37. The van der Waals surface area contributed by atoms with Crippen molar-refractivity contribution in [3.63, 3.8) is 0 Å². The van der Waals surface area contributed by atoms with Crippen LogP contribution in [-0.2, 0) is 16.6 Å². The van der Waals surface area contributed by atoms with Crippen LogP contribution in [-0.4, -0.2) is 16.9 Å². The zero-order valence-corrected chi connectivity index (χ0v) is 29.5. The third-order valence-corrected chi connectivity index (χ3v) is 16.2. The second-order valence-corrected chi connectivity index (χ2v) is 19.1. The number of carbonyl (C=O) groups is 1. The predicted molar refractivity (Wildman–Crippen MR) is 186 cm³/mol. The molecule has 4 saturated carbocycles. The second kappa shape index (κ2) is 9.76. The fraction of sp³-hybridized carbons (Fsp3) is 0.738. The van der Waals surface area contributed by atoms with Crippen LogP contribution in [0.5, 0.6) is 0 Å². The molecule has 0 saturated heterocycles. The average molecular weight is 609 g/mol. The molecular weight excluding hydrogens is 548 g/mol. The van der Waals surface area contributed by atoms with Gasteiger partial charge in [-0.1, -0.05) is 97.6 Å². The number of H-pyrrole nitrogens is 1. The first-order valence-electron chi connectivity index (χ1n) is 18.9. The maximum atomic E-state index is 14.5. The van der Waals surface area contributed by atoms with E-state index in [1.807, 2.05) is 0 Å². The van der Waals surface area contributed by atoms with Gasteiger partial charge < -0.3 is 10.3 Å². The topological polar surface area (TPSA) is 44.9 Å². The number of benzene rings is 1. The van der Waals surface area contributed by atoms with Crippen LogP contribution in [0.2, 0.25) is 0 Å². The molecule has 0 spiro atoms. The Morgan fingerprint density at radius 1 is 0.844 bits per heavy atom. The van der Waals surface area contributed by atoms with Crippen LogP contribution in [0.25, 0.3) is 10.9 Å². The van der Waals surface area contributed by atoms with E-state index in [9.17, 15) is 4.79 Å². The van der Waals surface area contributed by atoms with Crippen molar-refractivity contribution in [1.82, 2.24) is 10.3 Å². The zero-order valence-electron chi connectivity index (χ0n) is 29.5. The molecule has 0 bridgehead atoms. The molecule has 4 fully saturated rings. The Labute approximate surface area is 273 Å². The molecule has 2 N–H and O–H groups in total. The van der Waals surface area contributed by atoms with Crippen LogP contribution in [0.1, 0.15) is 143 Å². The summed E-state index contributed by atoms with van der Waals surface area (Å²) in [6.45, 7) is 18.1. The second-order valence-electron chi connectivity index (χ2n) is 19.1. The number of carbonyl (C=O) groups excluding carboxylic acids is 1. The van der Waals surface area contributed by atoms with Gasteiger partial charge in [0.1, 0.15) is 0 Å². The Morgan fingerprint density at radius 3 is 2.36 bits per heavy atom. The van der Waals surface area contributed by atoms with E-state index in [-0.39, 0.29) is 27.1 Å². The molecule has 244 valence electrons. The maximum Gasteiger partial charge on any atom is 0.227 e. The van der Waals surface area contributed by atoms with Crippen LogP contribution in [0.15, 0.2) is 35.9 Å². The quantitative estimate of drug-likeness (QED) is 0.327. The highest BCUT2D eigenvalue weighted by atomic mass is 16.2. The first-order chi connectivity index (χ1) is 21.3. The number of fused-ring (bicyclic) bond motifs is 10. The molecule has 1 amide bonds. The fourth-order valence-electron chi connectivity index (χ4n) is 13.5. The van der Waals surface area contributed by atoms with E-state index in [0.29, 0.717) is 35.1 Å². The van der Waals surface area contributed by atoms with Gasteiger partial charge in [0, 0.05) is 28.1 Å². The lowest BCUT2D eigenvalue weighted by molar-refractivity contribution is -0.168. The number of aromatic amines is 1. The predicted octanol–water partition coefficient (Wildman–Crippen LogP) is 10.4. The molecule has 0 radical (unpaired) electrons. The molecule has 45 heavy (non-hydrogen) atoms. The van der Waals surface area contributed by atoms with Crippen molar-refractivity contribution in [2.75, 3.05) is 0 Å². The highest BCUT2D eigenvalue weighted by molar-refractivity contribution is 5.86. The van der Waals surface area contributed by atoms with Crippen LogP contribution >= 0.6 is 0 Å². The van der Waals surface area contributed by atoms with Gasteiger partial charge in [-0.15, -0.1) is 0 Å². The lowest BCUT2D eigenvalue weighted by atomic mass is 9.33. The van der Waals surface area contributed by atoms with E-state index in [1.54, 1.807) is 11.1 Å². The molecule has 3 heteroatoms. The Bertz CT molecular complexity index is 1550. The molecule has 6 aliphatic carbocycles. The van der Waals surface area contributed by atoms with E-state index in [0.717, 1.165) is 12.8 Å². The van der Waals surface area contributed by atoms with Gasteiger partial charge in [0.2, 0.25) is 5.91 Å². The summed E-state index contributed by atoms with van der Waals surface area (Å²) in [6.07, 6.45) is 19.6. The third kappa shape index (κ3) is 4.03. The Hall–Kier alpha value is -2.03. The molecule has 2 aromatic rings. The molecule has 7 atom stereocenters. The SMILES string of the molecule is CC1(C)CC[C@]2(C(=O)NC3CCCCC3)CC[C@]3(C)C(=CC[C@@H]4[C@@]5(C)Cc6c([nH]c7ccccc67)C(C)(C)[C@@H]5CC[C@]43C)[C@@H]2C1. The molecule has 1 aromatic heterocycles. The first kappa shape index (κ1) is 30.3. The smallest absolute Gasteiger partial charge is 0.227 e. The number of nitrogens with one attached hydrogen (secondary N) is 2.